The molecule has 0 fully saturated rings. The van der Waals surface area contributed by atoms with E-state index in [1.165, 1.54) is 12.1 Å². The quantitative estimate of drug-likeness (QED) is 0.417. The van der Waals surface area contributed by atoms with Crippen molar-refractivity contribution in [3.63, 3.8) is 0 Å². The summed E-state index contributed by atoms with van der Waals surface area (Å²) < 4.78 is 13.3. The van der Waals surface area contributed by atoms with Crippen LogP contribution in [0.2, 0.25) is 0 Å². The summed E-state index contributed by atoms with van der Waals surface area (Å²) in [6.45, 7) is 0. The van der Waals surface area contributed by atoms with Crippen molar-refractivity contribution in [1.82, 2.24) is 0 Å². The highest BCUT2D eigenvalue weighted by Gasteiger charge is 2.03. The number of carbonyl (C=O) groups excluding carboxylic acids is 1. The summed E-state index contributed by atoms with van der Waals surface area (Å²) in [7, 11) is 0. The zero-order valence-electron chi connectivity index (χ0n) is 7.39. The monoisotopic (exact) mass is 210 g/mol. The Morgan fingerprint density at radius 2 is 2.29 bits per heavy atom. The van der Waals surface area contributed by atoms with E-state index < -0.39 is 5.82 Å². The molecule has 0 spiro atoms. The van der Waals surface area contributed by atoms with E-state index in [1.54, 1.807) is 6.07 Å². The SMILES string of the molecule is O=Cc1cccc(C#CCCCl)c1F. The van der Waals surface area contributed by atoms with Crippen molar-refractivity contribution in [1.29, 1.82) is 0 Å². The van der Waals surface area contributed by atoms with Crippen LogP contribution in [0.1, 0.15) is 22.3 Å². The van der Waals surface area contributed by atoms with Crippen molar-refractivity contribution >= 4 is 17.9 Å². The molecule has 1 aromatic rings. The van der Waals surface area contributed by atoms with Crippen molar-refractivity contribution in [2.45, 2.75) is 6.42 Å². The molecule has 1 aromatic carbocycles. The zero-order chi connectivity index (χ0) is 10.4. The Balaban J connectivity index is 2.99. The second-order valence-corrected chi connectivity index (χ2v) is 2.95. The number of hydrogen-bond donors (Lipinski definition) is 0. The summed E-state index contributed by atoms with van der Waals surface area (Å²) in [6, 6.07) is 4.54. The first-order valence-corrected chi connectivity index (χ1v) is 4.61. The van der Waals surface area contributed by atoms with E-state index in [0.29, 0.717) is 18.6 Å². The van der Waals surface area contributed by atoms with Crippen LogP contribution in [0.25, 0.3) is 0 Å². The molecule has 0 heterocycles. The highest BCUT2D eigenvalue weighted by Crippen LogP contribution is 2.09. The number of alkyl halides is 1. The van der Waals surface area contributed by atoms with Crippen molar-refractivity contribution in [3.8, 4) is 11.8 Å². The first kappa shape index (κ1) is 10.7. The van der Waals surface area contributed by atoms with Crippen LogP contribution in [0.3, 0.4) is 0 Å². The normalized spacial score (nSPS) is 9.00. The maximum absolute atomic E-state index is 13.3. The summed E-state index contributed by atoms with van der Waals surface area (Å²) in [5.74, 6) is 5.18. The average molecular weight is 211 g/mol. The van der Waals surface area contributed by atoms with Crippen LogP contribution >= 0.6 is 11.6 Å². The summed E-state index contributed by atoms with van der Waals surface area (Å²) in [5, 5.41) is 0. The van der Waals surface area contributed by atoms with Gasteiger partial charge >= 0.3 is 0 Å². The van der Waals surface area contributed by atoms with Gasteiger partial charge in [0.25, 0.3) is 0 Å². The van der Waals surface area contributed by atoms with Crippen LogP contribution in [-0.2, 0) is 0 Å². The van der Waals surface area contributed by atoms with E-state index in [1.807, 2.05) is 0 Å². The summed E-state index contributed by atoms with van der Waals surface area (Å²) >= 11 is 5.41. The van der Waals surface area contributed by atoms with E-state index in [4.69, 9.17) is 11.6 Å². The van der Waals surface area contributed by atoms with Gasteiger partial charge in [-0.15, -0.1) is 11.6 Å². The van der Waals surface area contributed by atoms with Gasteiger partial charge in [-0.25, -0.2) is 4.39 Å². The maximum atomic E-state index is 13.3. The van der Waals surface area contributed by atoms with Crippen LogP contribution in [0, 0.1) is 17.7 Å². The van der Waals surface area contributed by atoms with E-state index in [0.717, 1.165) is 0 Å². The molecule has 1 nitrogen and oxygen atoms in total. The molecule has 3 heteroatoms. The first-order valence-electron chi connectivity index (χ1n) is 4.08. The summed E-state index contributed by atoms with van der Waals surface area (Å²) in [5.41, 5.74) is 0.266. The molecule has 0 aliphatic carbocycles. The van der Waals surface area contributed by atoms with Crippen molar-refractivity contribution in [2.24, 2.45) is 0 Å². The molecule has 0 aromatic heterocycles. The Kier molecular flexibility index (Phi) is 4.15. The van der Waals surface area contributed by atoms with Gasteiger partial charge in [-0.1, -0.05) is 17.9 Å². The zero-order valence-corrected chi connectivity index (χ0v) is 8.14. The number of aldehydes is 1. The molecule has 14 heavy (non-hydrogen) atoms. The van der Waals surface area contributed by atoms with Gasteiger partial charge in [-0.2, -0.15) is 0 Å². The average Bonchev–Trinajstić information content (AvgIpc) is 2.21. The fourth-order valence-electron chi connectivity index (χ4n) is 0.942. The molecule has 0 saturated heterocycles. The lowest BCUT2D eigenvalue weighted by Gasteiger charge is -1.96. The first-order chi connectivity index (χ1) is 6.79. The molecule has 0 atom stereocenters. The lowest BCUT2D eigenvalue weighted by molar-refractivity contribution is 0.112. The topological polar surface area (TPSA) is 17.1 Å². The fourth-order valence-corrected chi connectivity index (χ4v) is 1.04. The van der Waals surface area contributed by atoms with Gasteiger partial charge in [-0.05, 0) is 12.1 Å². The second kappa shape index (κ2) is 5.41. The van der Waals surface area contributed by atoms with Gasteiger partial charge in [0.1, 0.15) is 5.82 Å². The van der Waals surface area contributed by atoms with Gasteiger partial charge in [0.05, 0.1) is 11.1 Å². The molecular formula is C11H8ClFO. The largest absolute Gasteiger partial charge is 0.298 e. The highest BCUT2D eigenvalue weighted by molar-refractivity contribution is 6.18. The Hall–Kier alpha value is -1.33. The molecular weight excluding hydrogens is 203 g/mol. The van der Waals surface area contributed by atoms with Crippen LogP contribution in [-0.4, -0.2) is 12.2 Å². The minimum Gasteiger partial charge on any atom is -0.298 e. The Labute approximate surface area is 86.9 Å². The molecule has 0 radical (unpaired) electrons. The third kappa shape index (κ3) is 2.58. The Bertz CT molecular complexity index is 390. The number of benzene rings is 1. The molecule has 0 aliphatic heterocycles. The summed E-state index contributed by atoms with van der Waals surface area (Å²) in [6.07, 6.45) is 0.981. The van der Waals surface area contributed by atoms with Gasteiger partial charge in [0.2, 0.25) is 0 Å². The lowest BCUT2D eigenvalue weighted by atomic mass is 10.1. The van der Waals surface area contributed by atoms with E-state index in [2.05, 4.69) is 11.8 Å². The third-order valence-electron chi connectivity index (χ3n) is 1.60. The van der Waals surface area contributed by atoms with Crippen molar-refractivity contribution in [2.75, 3.05) is 5.88 Å². The van der Waals surface area contributed by atoms with Crippen molar-refractivity contribution in [3.05, 3.63) is 35.1 Å². The predicted molar refractivity (Wildman–Crippen MR) is 54.0 cm³/mol. The fraction of sp³-hybridized carbons (Fsp3) is 0.182. The number of halogens is 2. The second-order valence-electron chi connectivity index (χ2n) is 2.57. The molecule has 0 saturated carbocycles. The molecule has 0 amide bonds. The Morgan fingerprint density at radius 1 is 1.50 bits per heavy atom. The number of hydrogen-bond acceptors (Lipinski definition) is 1. The number of rotatable bonds is 2. The molecule has 0 N–H and O–H groups in total. The molecule has 1 rings (SSSR count). The molecule has 72 valence electrons. The molecule has 0 aliphatic rings. The van der Waals surface area contributed by atoms with Gasteiger partial charge < -0.3 is 0 Å². The van der Waals surface area contributed by atoms with Crippen LogP contribution in [0.15, 0.2) is 18.2 Å². The minimum absolute atomic E-state index is 0.0303. The minimum atomic E-state index is -0.565. The van der Waals surface area contributed by atoms with Gasteiger partial charge in [0.15, 0.2) is 6.29 Å². The van der Waals surface area contributed by atoms with E-state index >= 15 is 0 Å². The molecule has 0 bridgehead atoms. The van der Waals surface area contributed by atoms with Crippen LogP contribution in [0.5, 0.6) is 0 Å². The predicted octanol–water partition coefficient (Wildman–Crippen LogP) is 2.62. The number of carbonyl (C=O) groups is 1. The highest BCUT2D eigenvalue weighted by atomic mass is 35.5. The third-order valence-corrected chi connectivity index (χ3v) is 1.79. The van der Waals surface area contributed by atoms with Crippen LogP contribution < -0.4 is 0 Å². The molecule has 0 unspecified atom stereocenters. The standard InChI is InChI=1S/C11H8ClFO/c12-7-2-1-4-9-5-3-6-10(8-14)11(9)13/h3,5-6,8H,2,7H2. The van der Waals surface area contributed by atoms with Crippen molar-refractivity contribution < 1.29 is 9.18 Å². The lowest BCUT2D eigenvalue weighted by Crippen LogP contribution is -1.91. The van der Waals surface area contributed by atoms with Gasteiger partial charge in [-0.3, -0.25) is 4.79 Å². The van der Waals surface area contributed by atoms with E-state index in [9.17, 15) is 9.18 Å². The Morgan fingerprint density at radius 3 is 2.93 bits per heavy atom. The smallest absolute Gasteiger partial charge is 0.153 e. The summed E-state index contributed by atoms with van der Waals surface area (Å²) in [4.78, 5) is 10.4. The van der Waals surface area contributed by atoms with Gasteiger partial charge in [0, 0.05) is 12.3 Å². The van der Waals surface area contributed by atoms with Crippen LogP contribution in [0.4, 0.5) is 4.39 Å². The van der Waals surface area contributed by atoms with E-state index in [-0.39, 0.29) is 11.1 Å². The maximum Gasteiger partial charge on any atom is 0.153 e.